The fourth-order valence-corrected chi connectivity index (χ4v) is 2.81. The number of rotatable bonds is 9. The lowest BCUT2D eigenvalue weighted by atomic mass is 10.1. The second-order valence-corrected chi connectivity index (χ2v) is 6.37. The number of nitrogens with two attached hydrogens (primary N) is 1. The summed E-state index contributed by atoms with van der Waals surface area (Å²) in [6.07, 6.45) is 4.93. The van der Waals surface area contributed by atoms with Crippen LogP contribution < -0.4 is 11.1 Å². The molecule has 138 valence electrons. The van der Waals surface area contributed by atoms with Crippen LogP contribution in [0.3, 0.4) is 0 Å². The van der Waals surface area contributed by atoms with Crippen molar-refractivity contribution in [2.24, 2.45) is 5.73 Å². The summed E-state index contributed by atoms with van der Waals surface area (Å²) in [5.74, 6) is 0.155. The van der Waals surface area contributed by atoms with E-state index < -0.39 is 0 Å². The van der Waals surface area contributed by atoms with Crippen LogP contribution in [0.1, 0.15) is 37.7 Å². The van der Waals surface area contributed by atoms with E-state index in [-0.39, 0.29) is 11.8 Å². The molecule has 6 heteroatoms. The zero-order valence-electron chi connectivity index (χ0n) is 14.8. The number of carbonyl (C=O) groups excluding carboxylic acids is 2. The van der Waals surface area contributed by atoms with E-state index in [9.17, 15) is 9.59 Å². The third-order valence-electron chi connectivity index (χ3n) is 4.31. The van der Waals surface area contributed by atoms with Gasteiger partial charge in [0.25, 0.3) is 0 Å². The number of unbranched alkanes of at least 4 members (excludes halogenated alkanes) is 3. The standard InChI is InChI=1S/C19H29N3O3/c20-10-4-2-1-3-5-18(23)21-17-8-6-16(7-9-17)15-19(24)22-11-13-25-14-12-22/h6-9H,1-5,10-15,20H2,(H,21,23). The maximum absolute atomic E-state index is 12.2. The molecular weight excluding hydrogens is 318 g/mol. The molecule has 1 aliphatic rings. The number of ether oxygens (including phenoxy) is 1. The molecule has 0 aliphatic carbocycles. The van der Waals surface area contributed by atoms with Crippen molar-refractivity contribution in [1.29, 1.82) is 0 Å². The van der Waals surface area contributed by atoms with Gasteiger partial charge in [-0.15, -0.1) is 0 Å². The van der Waals surface area contributed by atoms with Crippen molar-refractivity contribution in [2.45, 2.75) is 38.5 Å². The molecule has 2 amide bonds. The molecule has 1 aromatic carbocycles. The molecule has 1 saturated heterocycles. The van der Waals surface area contributed by atoms with Crippen molar-refractivity contribution in [3.63, 3.8) is 0 Å². The Morgan fingerprint density at radius 2 is 1.72 bits per heavy atom. The second-order valence-electron chi connectivity index (χ2n) is 6.37. The highest BCUT2D eigenvalue weighted by atomic mass is 16.5. The smallest absolute Gasteiger partial charge is 0.227 e. The van der Waals surface area contributed by atoms with E-state index in [4.69, 9.17) is 10.5 Å². The van der Waals surface area contributed by atoms with Crippen LogP contribution in [0.4, 0.5) is 5.69 Å². The van der Waals surface area contributed by atoms with Crippen molar-refractivity contribution in [3.05, 3.63) is 29.8 Å². The number of hydrogen-bond acceptors (Lipinski definition) is 4. The monoisotopic (exact) mass is 347 g/mol. The summed E-state index contributed by atoms with van der Waals surface area (Å²) in [5.41, 5.74) is 7.18. The van der Waals surface area contributed by atoms with Gasteiger partial charge in [0, 0.05) is 25.2 Å². The molecule has 0 saturated carbocycles. The number of morpholine rings is 1. The van der Waals surface area contributed by atoms with Crippen LogP contribution in [0.15, 0.2) is 24.3 Å². The Hall–Kier alpha value is -1.92. The minimum Gasteiger partial charge on any atom is -0.378 e. The van der Waals surface area contributed by atoms with Gasteiger partial charge in [-0.05, 0) is 37.1 Å². The van der Waals surface area contributed by atoms with Crippen LogP contribution in [0.2, 0.25) is 0 Å². The topological polar surface area (TPSA) is 84.7 Å². The molecule has 0 unspecified atom stereocenters. The van der Waals surface area contributed by atoms with Gasteiger partial charge < -0.3 is 20.7 Å². The van der Waals surface area contributed by atoms with E-state index in [2.05, 4.69) is 5.32 Å². The summed E-state index contributed by atoms with van der Waals surface area (Å²) in [6, 6.07) is 7.51. The Labute approximate surface area is 149 Å². The third-order valence-corrected chi connectivity index (χ3v) is 4.31. The quantitative estimate of drug-likeness (QED) is 0.669. The molecule has 1 heterocycles. The largest absolute Gasteiger partial charge is 0.378 e. The van der Waals surface area contributed by atoms with E-state index in [1.807, 2.05) is 29.2 Å². The van der Waals surface area contributed by atoms with Crippen molar-refractivity contribution >= 4 is 17.5 Å². The number of hydrogen-bond donors (Lipinski definition) is 2. The first-order valence-corrected chi connectivity index (χ1v) is 9.13. The van der Waals surface area contributed by atoms with Crippen LogP contribution in [0, 0.1) is 0 Å². The highest BCUT2D eigenvalue weighted by Gasteiger charge is 2.16. The highest BCUT2D eigenvalue weighted by Crippen LogP contribution is 2.13. The van der Waals surface area contributed by atoms with E-state index >= 15 is 0 Å². The number of amides is 2. The van der Waals surface area contributed by atoms with E-state index in [0.717, 1.165) is 36.9 Å². The second kappa shape index (κ2) is 10.8. The van der Waals surface area contributed by atoms with Crippen molar-refractivity contribution in [1.82, 2.24) is 4.90 Å². The van der Waals surface area contributed by atoms with Crippen molar-refractivity contribution < 1.29 is 14.3 Å². The molecular formula is C19H29N3O3. The predicted octanol–water partition coefficient (Wildman–Crippen LogP) is 1.94. The predicted molar refractivity (Wildman–Crippen MR) is 98.3 cm³/mol. The first kappa shape index (κ1) is 19.4. The van der Waals surface area contributed by atoms with Crippen LogP contribution in [0.25, 0.3) is 0 Å². The van der Waals surface area contributed by atoms with Crippen LogP contribution >= 0.6 is 0 Å². The number of nitrogens with zero attached hydrogens (tertiary/aromatic N) is 1. The van der Waals surface area contributed by atoms with Gasteiger partial charge in [-0.2, -0.15) is 0 Å². The molecule has 3 N–H and O–H groups in total. The lowest BCUT2D eigenvalue weighted by Gasteiger charge is -2.26. The first-order chi connectivity index (χ1) is 12.2. The average Bonchev–Trinajstić information content (AvgIpc) is 2.64. The summed E-state index contributed by atoms with van der Waals surface area (Å²) in [4.78, 5) is 26.0. The minimum absolute atomic E-state index is 0.0323. The SMILES string of the molecule is NCCCCCCC(=O)Nc1ccc(CC(=O)N2CCOCC2)cc1. The molecule has 6 nitrogen and oxygen atoms in total. The van der Waals surface area contributed by atoms with Gasteiger partial charge >= 0.3 is 0 Å². The number of nitrogens with one attached hydrogen (secondary N) is 1. The summed E-state index contributed by atoms with van der Waals surface area (Å²) >= 11 is 0. The number of benzene rings is 1. The maximum Gasteiger partial charge on any atom is 0.227 e. The summed E-state index contributed by atoms with van der Waals surface area (Å²) in [6.45, 7) is 3.27. The van der Waals surface area contributed by atoms with Gasteiger partial charge in [0.05, 0.1) is 19.6 Å². The summed E-state index contributed by atoms with van der Waals surface area (Å²) in [7, 11) is 0. The molecule has 0 spiro atoms. The Balaban J connectivity index is 1.71. The molecule has 0 atom stereocenters. The van der Waals surface area contributed by atoms with Gasteiger partial charge in [0.15, 0.2) is 0 Å². The lowest BCUT2D eigenvalue weighted by molar-refractivity contribution is -0.134. The van der Waals surface area contributed by atoms with Crippen LogP contribution in [0.5, 0.6) is 0 Å². The lowest BCUT2D eigenvalue weighted by Crippen LogP contribution is -2.41. The molecule has 1 fully saturated rings. The molecule has 1 aromatic rings. The number of carbonyl (C=O) groups is 2. The fraction of sp³-hybridized carbons (Fsp3) is 0.579. The van der Waals surface area contributed by atoms with E-state index in [1.54, 1.807) is 0 Å². The number of anilines is 1. The zero-order chi connectivity index (χ0) is 17.9. The first-order valence-electron chi connectivity index (χ1n) is 9.13. The minimum atomic E-state index is 0.0323. The normalized spacial score (nSPS) is 14.4. The molecule has 25 heavy (non-hydrogen) atoms. The maximum atomic E-state index is 12.2. The molecule has 0 bridgehead atoms. The van der Waals surface area contributed by atoms with Gasteiger partial charge in [0.2, 0.25) is 11.8 Å². The third kappa shape index (κ3) is 7.23. The average molecular weight is 347 g/mol. The van der Waals surface area contributed by atoms with Gasteiger partial charge in [-0.25, -0.2) is 0 Å². The molecule has 0 radical (unpaired) electrons. The summed E-state index contributed by atoms with van der Waals surface area (Å²) < 4.78 is 5.26. The summed E-state index contributed by atoms with van der Waals surface area (Å²) in [5, 5.41) is 2.90. The Kier molecular flexibility index (Phi) is 8.42. The fourth-order valence-electron chi connectivity index (χ4n) is 2.81. The molecule has 0 aromatic heterocycles. The van der Waals surface area contributed by atoms with Crippen molar-refractivity contribution in [2.75, 3.05) is 38.2 Å². The van der Waals surface area contributed by atoms with E-state index in [0.29, 0.717) is 45.7 Å². The molecule has 1 aliphatic heterocycles. The molecule has 2 rings (SSSR count). The van der Waals surface area contributed by atoms with Gasteiger partial charge in [-0.3, -0.25) is 9.59 Å². The van der Waals surface area contributed by atoms with Crippen LogP contribution in [-0.4, -0.2) is 49.6 Å². The van der Waals surface area contributed by atoms with Crippen LogP contribution in [-0.2, 0) is 20.7 Å². The Bertz CT molecular complexity index is 539. The van der Waals surface area contributed by atoms with Gasteiger partial charge in [0.1, 0.15) is 0 Å². The highest BCUT2D eigenvalue weighted by molar-refractivity contribution is 5.90. The van der Waals surface area contributed by atoms with Crippen molar-refractivity contribution in [3.8, 4) is 0 Å². The van der Waals surface area contributed by atoms with Gasteiger partial charge in [-0.1, -0.05) is 25.0 Å². The zero-order valence-corrected chi connectivity index (χ0v) is 14.8. The Morgan fingerprint density at radius 1 is 1.04 bits per heavy atom. The Morgan fingerprint density at radius 3 is 2.40 bits per heavy atom. The van der Waals surface area contributed by atoms with E-state index in [1.165, 1.54) is 0 Å².